The van der Waals surface area contributed by atoms with Gasteiger partial charge in [0.05, 0.1) is 18.3 Å². The van der Waals surface area contributed by atoms with E-state index in [1.54, 1.807) is 12.3 Å². The molecule has 0 fully saturated rings. The lowest BCUT2D eigenvalue weighted by Crippen LogP contribution is -2.30. The summed E-state index contributed by atoms with van der Waals surface area (Å²) in [4.78, 5) is 8.27. The summed E-state index contributed by atoms with van der Waals surface area (Å²) in [6, 6.07) is 1.74. The van der Waals surface area contributed by atoms with Gasteiger partial charge in [-0.3, -0.25) is 0 Å². The highest BCUT2D eigenvalue weighted by atomic mass is 16.3. The van der Waals surface area contributed by atoms with Gasteiger partial charge in [-0.2, -0.15) is 0 Å². The van der Waals surface area contributed by atoms with Crippen molar-refractivity contribution in [2.75, 3.05) is 11.9 Å². The minimum atomic E-state index is -0.0296. The first-order valence-electron chi connectivity index (χ1n) is 5.06. The Kier molecular flexibility index (Phi) is 4.45. The number of aliphatic hydroxyl groups excluding tert-OH is 1. The van der Waals surface area contributed by atoms with Gasteiger partial charge in [-0.15, -0.1) is 0 Å². The molecule has 0 bridgehead atoms. The summed E-state index contributed by atoms with van der Waals surface area (Å²) in [5.74, 6) is 0.839. The number of hydrogen-bond donors (Lipinski definition) is 3. The molecule has 0 saturated carbocycles. The van der Waals surface area contributed by atoms with Gasteiger partial charge in [0.25, 0.3) is 0 Å². The first-order valence-corrected chi connectivity index (χ1v) is 5.06. The molecule has 1 aromatic rings. The van der Waals surface area contributed by atoms with Crippen LogP contribution < -0.4 is 11.1 Å². The molecule has 0 aliphatic carbocycles. The smallest absolute Gasteiger partial charge is 0.223 e. The van der Waals surface area contributed by atoms with Crippen molar-refractivity contribution in [3.05, 3.63) is 18.0 Å². The van der Waals surface area contributed by atoms with E-state index in [2.05, 4.69) is 15.3 Å². The highest BCUT2D eigenvalue weighted by Crippen LogP contribution is 2.08. The minimum Gasteiger partial charge on any atom is -0.394 e. The van der Waals surface area contributed by atoms with Gasteiger partial charge in [-0.1, -0.05) is 13.8 Å². The Hall–Kier alpha value is -1.20. The summed E-state index contributed by atoms with van der Waals surface area (Å²) >= 11 is 0. The summed E-state index contributed by atoms with van der Waals surface area (Å²) < 4.78 is 0. The summed E-state index contributed by atoms with van der Waals surface area (Å²) in [6.45, 7) is 4.51. The fraction of sp³-hybridized carbons (Fsp3) is 0.600. The normalized spacial score (nSPS) is 12.9. The van der Waals surface area contributed by atoms with Crippen LogP contribution in [0, 0.1) is 5.92 Å². The third kappa shape index (κ3) is 3.45. The van der Waals surface area contributed by atoms with Crippen molar-refractivity contribution in [2.45, 2.75) is 26.4 Å². The SMILES string of the molecule is CC(C)C(CO)Nc1nccc(CN)n1. The van der Waals surface area contributed by atoms with Crippen molar-refractivity contribution in [3.8, 4) is 0 Å². The van der Waals surface area contributed by atoms with E-state index in [1.165, 1.54) is 0 Å². The highest BCUT2D eigenvalue weighted by molar-refractivity contribution is 5.27. The third-order valence-corrected chi connectivity index (χ3v) is 2.24. The van der Waals surface area contributed by atoms with Crippen LogP contribution in [0.5, 0.6) is 0 Å². The lowest BCUT2D eigenvalue weighted by atomic mass is 10.1. The second-order valence-electron chi connectivity index (χ2n) is 3.75. The second kappa shape index (κ2) is 5.63. The molecule has 0 aliphatic heterocycles. The molecule has 1 unspecified atom stereocenters. The molecule has 0 saturated heterocycles. The van der Waals surface area contributed by atoms with E-state index in [4.69, 9.17) is 10.8 Å². The first-order chi connectivity index (χ1) is 7.17. The molecule has 0 aliphatic rings. The van der Waals surface area contributed by atoms with Crippen LogP contribution in [0.25, 0.3) is 0 Å². The Labute approximate surface area is 89.7 Å². The van der Waals surface area contributed by atoms with Gasteiger partial charge in [0.1, 0.15) is 0 Å². The van der Waals surface area contributed by atoms with Gasteiger partial charge in [0, 0.05) is 12.7 Å². The molecule has 4 N–H and O–H groups in total. The highest BCUT2D eigenvalue weighted by Gasteiger charge is 2.12. The van der Waals surface area contributed by atoms with E-state index >= 15 is 0 Å². The lowest BCUT2D eigenvalue weighted by molar-refractivity contribution is 0.248. The zero-order chi connectivity index (χ0) is 11.3. The number of aromatic nitrogens is 2. The van der Waals surface area contributed by atoms with E-state index in [0.29, 0.717) is 18.4 Å². The molecule has 15 heavy (non-hydrogen) atoms. The van der Waals surface area contributed by atoms with E-state index in [9.17, 15) is 0 Å². The zero-order valence-corrected chi connectivity index (χ0v) is 9.14. The molecule has 1 heterocycles. The number of anilines is 1. The standard InChI is InChI=1S/C10H18N4O/c1-7(2)9(6-15)14-10-12-4-3-8(5-11)13-10/h3-4,7,9,15H,5-6,11H2,1-2H3,(H,12,13,14). The number of aliphatic hydroxyl groups is 1. The third-order valence-electron chi connectivity index (χ3n) is 2.24. The molecule has 1 atom stereocenters. The van der Waals surface area contributed by atoms with Gasteiger partial charge in [0.2, 0.25) is 5.95 Å². The molecule has 1 rings (SSSR count). The maximum atomic E-state index is 9.14. The number of nitrogens with one attached hydrogen (secondary N) is 1. The van der Waals surface area contributed by atoms with Crippen LogP contribution in [0.2, 0.25) is 0 Å². The average molecular weight is 210 g/mol. The second-order valence-corrected chi connectivity index (χ2v) is 3.75. The summed E-state index contributed by atoms with van der Waals surface area (Å²) in [5.41, 5.74) is 6.26. The quantitative estimate of drug-likeness (QED) is 0.653. The molecule has 0 amide bonds. The molecular formula is C10H18N4O. The molecule has 5 heteroatoms. The van der Waals surface area contributed by atoms with E-state index < -0.39 is 0 Å². The topological polar surface area (TPSA) is 84.1 Å². The largest absolute Gasteiger partial charge is 0.394 e. The van der Waals surface area contributed by atoms with Crippen molar-refractivity contribution < 1.29 is 5.11 Å². The fourth-order valence-electron chi connectivity index (χ4n) is 1.17. The van der Waals surface area contributed by atoms with Crippen LogP contribution in [0.4, 0.5) is 5.95 Å². The molecular weight excluding hydrogens is 192 g/mol. The molecule has 0 spiro atoms. The summed E-state index contributed by atoms with van der Waals surface area (Å²) in [7, 11) is 0. The predicted molar refractivity (Wildman–Crippen MR) is 59.3 cm³/mol. The minimum absolute atomic E-state index is 0.0296. The predicted octanol–water partition coefficient (Wildman–Crippen LogP) is 0.364. The monoisotopic (exact) mass is 210 g/mol. The Bertz CT molecular complexity index is 303. The van der Waals surface area contributed by atoms with Crippen molar-refractivity contribution in [3.63, 3.8) is 0 Å². The Morgan fingerprint density at radius 2 is 2.27 bits per heavy atom. The van der Waals surface area contributed by atoms with Crippen LogP contribution in [-0.2, 0) is 6.54 Å². The van der Waals surface area contributed by atoms with E-state index in [0.717, 1.165) is 5.69 Å². The van der Waals surface area contributed by atoms with Crippen LogP contribution in [-0.4, -0.2) is 27.7 Å². The summed E-state index contributed by atoms with van der Waals surface area (Å²) in [6.07, 6.45) is 1.66. The average Bonchev–Trinajstić information content (AvgIpc) is 2.25. The van der Waals surface area contributed by atoms with E-state index in [1.807, 2.05) is 13.8 Å². The van der Waals surface area contributed by atoms with Crippen LogP contribution in [0.1, 0.15) is 19.5 Å². The molecule has 1 aromatic heterocycles. The molecule has 5 nitrogen and oxygen atoms in total. The number of nitrogens with zero attached hydrogens (tertiary/aromatic N) is 2. The van der Waals surface area contributed by atoms with E-state index in [-0.39, 0.29) is 12.6 Å². The fourth-order valence-corrected chi connectivity index (χ4v) is 1.17. The first kappa shape index (κ1) is 11.9. The number of rotatable bonds is 5. The van der Waals surface area contributed by atoms with Crippen molar-refractivity contribution in [2.24, 2.45) is 11.7 Å². The van der Waals surface area contributed by atoms with Crippen molar-refractivity contribution in [1.82, 2.24) is 9.97 Å². The zero-order valence-electron chi connectivity index (χ0n) is 9.14. The van der Waals surface area contributed by atoms with Crippen LogP contribution in [0.15, 0.2) is 12.3 Å². The van der Waals surface area contributed by atoms with Crippen LogP contribution in [0.3, 0.4) is 0 Å². The van der Waals surface area contributed by atoms with Crippen molar-refractivity contribution in [1.29, 1.82) is 0 Å². The van der Waals surface area contributed by atoms with Crippen molar-refractivity contribution >= 4 is 5.95 Å². The Morgan fingerprint density at radius 1 is 1.53 bits per heavy atom. The molecule has 0 aromatic carbocycles. The van der Waals surface area contributed by atoms with Gasteiger partial charge in [-0.25, -0.2) is 9.97 Å². The Balaban J connectivity index is 2.70. The van der Waals surface area contributed by atoms with Gasteiger partial charge < -0.3 is 16.2 Å². The Morgan fingerprint density at radius 3 is 2.80 bits per heavy atom. The van der Waals surface area contributed by atoms with Crippen LogP contribution >= 0.6 is 0 Å². The van der Waals surface area contributed by atoms with Gasteiger partial charge >= 0.3 is 0 Å². The number of hydrogen-bond acceptors (Lipinski definition) is 5. The van der Waals surface area contributed by atoms with Gasteiger partial charge in [-0.05, 0) is 12.0 Å². The maximum Gasteiger partial charge on any atom is 0.223 e. The van der Waals surface area contributed by atoms with Gasteiger partial charge in [0.15, 0.2) is 0 Å². The lowest BCUT2D eigenvalue weighted by Gasteiger charge is -2.19. The molecule has 84 valence electrons. The maximum absolute atomic E-state index is 9.14. The summed E-state index contributed by atoms with van der Waals surface area (Å²) in [5, 5.41) is 12.2. The molecule has 0 radical (unpaired) electrons. The number of nitrogens with two attached hydrogens (primary N) is 1.